The predicted molar refractivity (Wildman–Crippen MR) is 92.2 cm³/mol. The van der Waals surface area contributed by atoms with Gasteiger partial charge in [0, 0.05) is 17.5 Å². The first-order chi connectivity index (χ1) is 11.6. The number of thiazole rings is 1. The number of fused-ring (bicyclic) bond motifs is 2. The van der Waals surface area contributed by atoms with Crippen molar-refractivity contribution < 1.29 is 14.3 Å². The number of imidazole rings is 1. The van der Waals surface area contributed by atoms with Crippen molar-refractivity contribution >= 4 is 34.2 Å². The van der Waals surface area contributed by atoms with E-state index in [0.29, 0.717) is 11.4 Å². The molecule has 3 heterocycles. The van der Waals surface area contributed by atoms with Crippen molar-refractivity contribution in [2.24, 2.45) is 0 Å². The summed E-state index contributed by atoms with van der Waals surface area (Å²) in [6.07, 6.45) is 3.23. The second-order valence-electron chi connectivity index (χ2n) is 5.57. The molecule has 3 aromatic rings. The van der Waals surface area contributed by atoms with E-state index < -0.39 is 0 Å². The highest BCUT2D eigenvalue weighted by Gasteiger charge is 2.24. The van der Waals surface area contributed by atoms with Crippen LogP contribution in [0.25, 0.3) is 16.2 Å². The zero-order chi connectivity index (χ0) is 16.8. The van der Waals surface area contributed by atoms with Gasteiger partial charge in [-0.25, -0.2) is 4.98 Å². The number of aryl methyl sites for hydroxylation is 1. The summed E-state index contributed by atoms with van der Waals surface area (Å²) in [6, 6.07) is 5.76. The van der Waals surface area contributed by atoms with Crippen LogP contribution in [0, 0.1) is 0 Å². The molecular weight excluding hydrogens is 326 g/mol. The van der Waals surface area contributed by atoms with Crippen LogP contribution in [0.5, 0.6) is 5.75 Å². The smallest absolute Gasteiger partial charge is 0.264 e. The van der Waals surface area contributed by atoms with Crippen molar-refractivity contribution in [2.45, 2.75) is 13.3 Å². The van der Waals surface area contributed by atoms with E-state index in [-0.39, 0.29) is 12.5 Å². The summed E-state index contributed by atoms with van der Waals surface area (Å²) in [5, 5.41) is 0. The van der Waals surface area contributed by atoms with Crippen molar-refractivity contribution in [3.8, 4) is 17.0 Å². The molecular formula is C17H15N3O3S. The van der Waals surface area contributed by atoms with Crippen LogP contribution in [0.1, 0.15) is 22.3 Å². The molecule has 1 aromatic carbocycles. The van der Waals surface area contributed by atoms with E-state index in [1.807, 2.05) is 22.6 Å². The highest BCUT2D eigenvalue weighted by atomic mass is 32.1. The molecule has 0 saturated carbocycles. The fraction of sp³-hybridized carbons (Fsp3) is 0.235. The summed E-state index contributed by atoms with van der Waals surface area (Å²) in [6.45, 7) is 2.13. The number of aldehydes is 1. The Labute approximate surface area is 142 Å². The van der Waals surface area contributed by atoms with E-state index in [1.54, 1.807) is 29.5 Å². The molecule has 2 aromatic heterocycles. The van der Waals surface area contributed by atoms with Crippen LogP contribution >= 0.6 is 11.3 Å². The van der Waals surface area contributed by atoms with E-state index >= 15 is 0 Å². The Balaban J connectivity index is 1.96. The maximum atomic E-state index is 11.9. The fourth-order valence-electron chi connectivity index (χ4n) is 2.96. The average molecular weight is 341 g/mol. The molecule has 0 saturated heterocycles. The number of aromatic nitrogens is 2. The zero-order valence-corrected chi connectivity index (χ0v) is 14.1. The maximum Gasteiger partial charge on any atom is 0.264 e. The molecule has 1 aliphatic heterocycles. The lowest BCUT2D eigenvalue weighted by atomic mass is 10.1. The number of likely N-dealkylation sites (N-methyl/N-ethyl adjacent to an activating group) is 1. The predicted octanol–water partition coefficient (Wildman–Crippen LogP) is 2.79. The summed E-state index contributed by atoms with van der Waals surface area (Å²) < 4.78 is 7.37. The summed E-state index contributed by atoms with van der Waals surface area (Å²) in [4.78, 5) is 31.1. The number of amides is 1. The number of nitrogens with zero attached hydrogens (tertiary/aromatic N) is 3. The van der Waals surface area contributed by atoms with Crippen LogP contribution in [-0.2, 0) is 11.2 Å². The molecule has 0 fully saturated rings. The lowest BCUT2D eigenvalue weighted by Crippen LogP contribution is -2.35. The number of ether oxygens (including phenoxy) is 1. The Morgan fingerprint density at radius 3 is 3.00 bits per heavy atom. The summed E-state index contributed by atoms with van der Waals surface area (Å²) >= 11 is 1.57. The van der Waals surface area contributed by atoms with Crippen LogP contribution in [-0.4, -0.2) is 35.2 Å². The van der Waals surface area contributed by atoms with Gasteiger partial charge in [0.1, 0.15) is 11.4 Å². The normalized spacial score (nSPS) is 13.9. The average Bonchev–Trinajstić information content (AvgIpc) is 3.16. The van der Waals surface area contributed by atoms with Gasteiger partial charge in [-0.05, 0) is 24.6 Å². The first-order valence-corrected chi connectivity index (χ1v) is 8.43. The van der Waals surface area contributed by atoms with Crippen molar-refractivity contribution in [3.05, 3.63) is 35.0 Å². The topological polar surface area (TPSA) is 63.9 Å². The summed E-state index contributed by atoms with van der Waals surface area (Å²) in [5.74, 6) is 0.605. The minimum absolute atomic E-state index is 0.0581. The number of carbonyl (C=O) groups excluding carboxylic acids is 2. The molecule has 0 unspecified atom stereocenters. The molecule has 0 bridgehead atoms. The second kappa shape index (κ2) is 5.45. The van der Waals surface area contributed by atoms with Crippen molar-refractivity contribution in [1.29, 1.82) is 0 Å². The summed E-state index contributed by atoms with van der Waals surface area (Å²) in [7, 11) is 1.74. The van der Waals surface area contributed by atoms with Crippen molar-refractivity contribution in [2.75, 3.05) is 18.6 Å². The fourth-order valence-corrected chi connectivity index (χ4v) is 4.02. The molecule has 122 valence electrons. The monoisotopic (exact) mass is 341 g/mol. The lowest BCUT2D eigenvalue weighted by Gasteiger charge is -2.26. The SMILES string of the molecule is CCc1sc2ncc(C=O)n2c1-c1ccc2c(c1)N(C)C(=O)CO2. The molecule has 1 aliphatic rings. The molecule has 0 aliphatic carbocycles. The van der Waals surface area contributed by atoms with Crippen molar-refractivity contribution in [3.63, 3.8) is 0 Å². The van der Waals surface area contributed by atoms with Crippen LogP contribution in [0.15, 0.2) is 24.4 Å². The van der Waals surface area contributed by atoms with E-state index in [1.165, 1.54) is 0 Å². The standard InChI is InChI=1S/C17H15N3O3S/c1-3-14-16(20-11(8-21)7-18-17(20)24-14)10-4-5-13-12(6-10)19(2)15(22)9-23-13/h4-8H,3,9H2,1-2H3. The van der Waals surface area contributed by atoms with Crippen LogP contribution in [0.4, 0.5) is 5.69 Å². The van der Waals surface area contributed by atoms with Gasteiger partial charge < -0.3 is 9.64 Å². The number of hydrogen-bond acceptors (Lipinski definition) is 5. The Morgan fingerprint density at radius 1 is 1.42 bits per heavy atom. The third-order valence-corrected chi connectivity index (χ3v) is 5.42. The Hall–Kier alpha value is -2.67. The molecule has 24 heavy (non-hydrogen) atoms. The van der Waals surface area contributed by atoms with Crippen LogP contribution in [0.2, 0.25) is 0 Å². The third kappa shape index (κ3) is 2.05. The van der Waals surface area contributed by atoms with Gasteiger partial charge in [-0.1, -0.05) is 6.92 Å². The van der Waals surface area contributed by atoms with Gasteiger partial charge in [0.2, 0.25) is 0 Å². The minimum Gasteiger partial charge on any atom is -0.482 e. The number of hydrogen-bond donors (Lipinski definition) is 0. The van der Waals surface area contributed by atoms with Crippen LogP contribution < -0.4 is 9.64 Å². The largest absolute Gasteiger partial charge is 0.482 e. The molecule has 7 heteroatoms. The van der Waals surface area contributed by atoms with Gasteiger partial charge >= 0.3 is 0 Å². The van der Waals surface area contributed by atoms with Gasteiger partial charge in [-0.3, -0.25) is 14.0 Å². The quantitative estimate of drug-likeness (QED) is 0.687. The molecule has 0 spiro atoms. The number of carbonyl (C=O) groups is 2. The number of anilines is 1. The summed E-state index contributed by atoms with van der Waals surface area (Å²) in [5.41, 5.74) is 3.14. The van der Waals surface area contributed by atoms with Crippen molar-refractivity contribution in [1.82, 2.24) is 9.38 Å². The highest BCUT2D eigenvalue weighted by molar-refractivity contribution is 7.17. The molecule has 1 amide bonds. The van der Waals surface area contributed by atoms with Gasteiger partial charge in [-0.2, -0.15) is 0 Å². The maximum absolute atomic E-state index is 11.9. The molecule has 0 radical (unpaired) electrons. The number of rotatable bonds is 3. The molecule has 0 atom stereocenters. The Kier molecular flexibility index (Phi) is 3.38. The zero-order valence-electron chi connectivity index (χ0n) is 13.3. The first kappa shape index (κ1) is 14.9. The second-order valence-corrected chi connectivity index (χ2v) is 6.63. The van der Waals surface area contributed by atoms with E-state index in [2.05, 4.69) is 11.9 Å². The Bertz CT molecular complexity index is 973. The van der Waals surface area contributed by atoms with Crippen LogP contribution in [0.3, 0.4) is 0 Å². The van der Waals surface area contributed by atoms with Gasteiger partial charge in [-0.15, -0.1) is 11.3 Å². The van der Waals surface area contributed by atoms with E-state index in [9.17, 15) is 9.59 Å². The van der Waals surface area contributed by atoms with Gasteiger partial charge in [0.15, 0.2) is 17.9 Å². The van der Waals surface area contributed by atoms with E-state index in [4.69, 9.17) is 4.74 Å². The minimum atomic E-state index is -0.0814. The third-order valence-electron chi connectivity index (χ3n) is 4.22. The van der Waals surface area contributed by atoms with Gasteiger partial charge in [0.25, 0.3) is 5.91 Å². The highest BCUT2D eigenvalue weighted by Crippen LogP contribution is 2.39. The lowest BCUT2D eigenvalue weighted by molar-refractivity contribution is -0.120. The molecule has 6 nitrogen and oxygen atoms in total. The van der Waals surface area contributed by atoms with Gasteiger partial charge in [0.05, 0.1) is 17.6 Å². The molecule has 4 rings (SSSR count). The Morgan fingerprint density at radius 2 is 2.25 bits per heavy atom. The number of benzene rings is 1. The first-order valence-electron chi connectivity index (χ1n) is 7.62. The molecule has 0 N–H and O–H groups in total. The van der Waals surface area contributed by atoms with E-state index in [0.717, 1.165) is 39.5 Å².